The molecule has 3 aliphatic rings. The van der Waals surface area contributed by atoms with E-state index in [9.17, 15) is 5.11 Å². The second-order valence-corrected chi connectivity index (χ2v) is 4.85. The Morgan fingerprint density at radius 2 is 2.40 bits per heavy atom. The highest BCUT2D eigenvalue weighted by atomic mass is 32.2. The van der Waals surface area contributed by atoms with Gasteiger partial charge in [-0.3, -0.25) is 0 Å². The summed E-state index contributed by atoms with van der Waals surface area (Å²) in [5.74, 6) is 0.767. The van der Waals surface area contributed by atoms with Crippen LogP contribution in [0.15, 0.2) is 0 Å². The topological polar surface area (TPSA) is 29.5 Å². The quantitative estimate of drug-likeness (QED) is 0.548. The zero-order chi connectivity index (χ0) is 6.72. The van der Waals surface area contributed by atoms with E-state index in [2.05, 4.69) is 0 Å². The number of thioether (sulfide) groups is 1. The zero-order valence-electron chi connectivity index (χ0n) is 5.56. The number of hydrogen-bond acceptors (Lipinski definition) is 3. The minimum absolute atomic E-state index is 0.159. The van der Waals surface area contributed by atoms with Gasteiger partial charge < -0.3 is 9.84 Å². The highest BCUT2D eigenvalue weighted by Crippen LogP contribution is 2.54. The largest absolute Gasteiger partial charge is 0.389 e. The molecule has 0 radical (unpaired) electrons. The normalized spacial score (nSPS) is 63.9. The Balaban J connectivity index is 2.00. The van der Waals surface area contributed by atoms with Crippen molar-refractivity contribution in [1.82, 2.24) is 0 Å². The molecule has 3 aliphatic heterocycles. The lowest BCUT2D eigenvalue weighted by molar-refractivity contribution is 0.0112. The molecule has 3 saturated heterocycles. The Morgan fingerprint density at radius 1 is 1.50 bits per heavy atom. The number of hydrogen-bond donors (Lipinski definition) is 1. The average Bonchev–Trinajstić information content (AvgIpc) is 2.43. The maximum atomic E-state index is 9.56. The molecule has 0 spiro atoms. The third-order valence-electron chi connectivity index (χ3n) is 2.88. The summed E-state index contributed by atoms with van der Waals surface area (Å²) < 4.78 is 5.47. The summed E-state index contributed by atoms with van der Waals surface area (Å²) in [5, 5.41) is 10.7. The van der Waals surface area contributed by atoms with Gasteiger partial charge in [-0.05, 0) is 12.3 Å². The Kier molecular flexibility index (Phi) is 1.00. The number of fused-ring (bicyclic) bond motifs is 1. The van der Waals surface area contributed by atoms with Crippen LogP contribution < -0.4 is 0 Å². The molecule has 3 heterocycles. The van der Waals surface area contributed by atoms with Gasteiger partial charge >= 0.3 is 0 Å². The van der Waals surface area contributed by atoms with Crippen LogP contribution in [0.3, 0.4) is 0 Å². The standard InChI is InChI=1S/C7H10O2S/c8-5-4-1-3-2-9-6(5)7(3)10-4/h3-8H,1-2H2. The first-order valence-corrected chi connectivity index (χ1v) is 4.75. The third-order valence-corrected chi connectivity index (χ3v) is 4.66. The molecule has 0 aliphatic carbocycles. The summed E-state index contributed by atoms with van der Waals surface area (Å²) in [4.78, 5) is 0. The van der Waals surface area contributed by atoms with Crippen molar-refractivity contribution in [1.29, 1.82) is 0 Å². The molecule has 0 aromatic carbocycles. The maximum absolute atomic E-state index is 9.56. The molecule has 2 nitrogen and oxygen atoms in total. The van der Waals surface area contributed by atoms with Crippen molar-refractivity contribution >= 4 is 11.8 Å². The van der Waals surface area contributed by atoms with Gasteiger partial charge in [0, 0.05) is 10.5 Å². The van der Waals surface area contributed by atoms with Gasteiger partial charge in [-0.2, -0.15) is 0 Å². The average molecular weight is 158 g/mol. The molecule has 0 aromatic rings. The minimum atomic E-state index is -0.159. The van der Waals surface area contributed by atoms with Crippen molar-refractivity contribution < 1.29 is 9.84 Å². The maximum Gasteiger partial charge on any atom is 0.0966 e. The van der Waals surface area contributed by atoms with Crippen molar-refractivity contribution in [3.63, 3.8) is 0 Å². The molecule has 5 atom stereocenters. The van der Waals surface area contributed by atoms with E-state index in [0.29, 0.717) is 10.5 Å². The summed E-state index contributed by atoms with van der Waals surface area (Å²) in [6.45, 7) is 0.899. The van der Waals surface area contributed by atoms with Crippen LogP contribution in [0.25, 0.3) is 0 Å². The van der Waals surface area contributed by atoms with Crippen LogP contribution in [-0.4, -0.2) is 34.4 Å². The fraction of sp³-hybridized carbons (Fsp3) is 1.00. The number of rotatable bonds is 0. The van der Waals surface area contributed by atoms with Crippen molar-refractivity contribution in [2.24, 2.45) is 5.92 Å². The lowest BCUT2D eigenvalue weighted by Crippen LogP contribution is -2.36. The second-order valence-electron chi connectivity index (χ2n) is 3.42. The predicted molar refractivity (Wildman–Crippen MR) is 39.0 cm³/mol. The summed E-state index contributed by atoms with van der Waals surface area (Å²) in [6.07, 6.45) is 1.22. The molecule has 1 N–H and O–H groups in total. The van der Waals surface area contributed by atoms with E-state index >= 15 is 0 Å². The van der Waals surface area contributed by atoms with Gasteiger partial charge in [-0.15, -0.1) is 11.8 Å². The Hall–Kier alpha value is 0.270. The molecule has 5 unspecified atom stereocenters. The van der Waals surface area contributed by atoms with Crippen molar-refractivity contribution in [2.45, 2.75) is 29.1 Å². The first-order valence-electron chi connectivity index (χ1n) is 3.81. The minimum Gasteiger partial charge on any atom is -0.389 e. The van der Waals surface area contributed by atoms with E-state index in [4.69, 9.17) is 4.74 Å². The summed E-state index contributed by atoms with van der Waals surface area (Å²) in [6, 6.07) is 0. The number of aliphatic hydroxyl groups is 1. The molecule has 10 heavy (non-hydrogen) atoms. The molecule has 0 saturated carbocycles. The molecule has 56 valence electrons. The molecule has 3 fully saturated rings. The van der Waals surface area contributed by atoms with Crippen LogP contribution in [0.1, 0.15) is 6.42 Å². The molecule has 3 rings (SSSR count). The van der Waals surface area contributed by atoms with Crippen LogP contribution >= 0.6 is 11.8 Å². The van der Waals surface area contributed by atoms with Crippen LogP contribution in [0.4, 0.5) is 0 Å². The van der Waals surface area contributed by atoms with Crippen LogP contribution in [0.2, 0.25) is 0 Å². The summed E-state index contributed by atoms with van der Waals surface area (Å²) in [5.41, 5.74) is 0. The number of aliphatic hydroxyl groups excluding tert-OH is 1. The van der Waals surface area contributed by atoms with Crippen molar-refractivity contribution in [3.05, 3.63) is 0 Å². The third kappa shape index (κ3) is 0.510. The fourth-order valence-electron chi connectivity index (χ4n) is 2.36. The van der Waals surface area contributed by atoms with Crippen molar-refractivity contribution in [2.75, 3.05) is 6.61 Å². The van der Waals surface area contributed by atoms with E-state index < -0.39 is 0 Å². The van der Waals surface area contributed by atoms with Crippen LogP contribution in [0, 0.1) is 5.92 Å². The Morgan fingerprint density at radius 3 is 3.10 bits per heavy atom. The Bertz CT molecular complexity index is 171. The Labute approximate surface area is 63.9 Å². The van der Waals surface area contributed by atoms with E-state index in [1.54, 1.807) is 0 Å². The SMILES string of the molecule is OC1C2CC3COC1C3S2. The van der Waals surface area contributed by atoms with Gasteiger partial charge in [0.15, 0.2) is 0 Å². The van der Waals surface area contributed by atoms with E-state index in [0.717, 1.165) is 12.5 Å². The second kappa shape index (κ2) is 1.71. The monoisotopic (exact) mass is 158 g/mol. The first kappa shape index (κ1) is 5.86. The molecular weight excluding hydrogens is 148 g/mol. The van der Waals surface area contributed by atoms with E-state index in [-0.39, 0.29) is 12.2 Å². The van der Waals surface area contributed by atoms with E-state index in [1.807, 2.05) is 11.8 Å². The van der Waals surface area contributed by atoms with Gasteiger partial charge in [0.05, 0.1) is 18.8 Å². The molecular formula is C7H10O2S. The summed E-state index contributed by atoms with van der Waals surface area (Å²) >= 11 is 1.94. The fourth-order valence-corrected chi connectivity index (χ4v) is 4.25. The zero-order valence-corrected chi connectivity index (χ0v) is 6.38. The summed E-state index contributed by atoms with van der Waals surface area (Å²) in [7, 11) is 0. The molecule has 0 amide bonds. The lowest BCUT2D eigenvalue weighted by Gasteiger charge is -2.19. The first-order chi connectivity index (χ1) is 4.86. The van der Waals surface area contributed by atoms with Gasteiger partial charge in [-0.1, -0.05) is 0 Å². The van der Waals surface area contributed by atoms with Gasteiger partial charge in [0.25, 0.3) is 0 Å². The highest BCUT2D eigenvalue weighted by Gasteiger charge is 2.57. The van der Waals surface area contributed by atoms with Crippen LogP contribution in [0.5, 0.6) is 0 Å². The molecule has 0 aromatic heterocycles. The molecule has 3 heteroatoms. The number of ether oxygens (including phenoxy) is 1. The smallest absolute Gasteiger partial charge is 0.0966 e. The van der Waals surface area contributed by atoms with Crippen molar-refractivity contribution in [3.8, 4) is 0 Å². The van der Waals surface area contributed by atoms with E-state index in [1.165, 1.54) is 6.42 Å². The van der Waals surface area contributed by atoms with Gasteiger partial charge in [0.2, 0.25) is 0 Å². The highest BCUT2D eigenvalue weighted by molar-refractivity contribution is 8.01. The predicted octanol–water partition coefficient (Wildman–Crippen LogP) is 0.250. The van der Waals surface area contributed by atoms with Gasteiger partial charge in [-0.25, -0.2) is 0 Å². The molecule has 2 bridgehead atoms. The lowest BCUT2D eigenvalue weighted by atomic mass is 9.89. The van der Waals surface area contributed by atoms with Crippen LogP contribution in [-0.2, 0) is 4.74 Å². The van der Waals surface area contributed by atoms with Gasteiger partial charge in [0.1, 0.15) is 0 Å².